The maximum absolute atomic E-state index is 10.2. The summed E-state index contributed by atoms with van der Waals surface area (Å²) in [5.41, 5.74) is 0. The first-order chi connectivity index (χ1) is 4.18. The molecule has 0 bridgehead atoms. The van der Waals surface area contributed by atoms with Crippen molar-refractivity contribution in [2.75, 3.05) is 6.54 Å². The molecule has 0 saturated carbocycles. The lowest BCUT2D eigenvalue weighted by Crippen LogP contribution is -2.36. The Morgan fingerprint density at radius 1 is 1.78 bits per heavy atom. The second kappa shape index (κ2) is 3.95. The van der Waals surface area contributed by atoms with Crippen molar-refractivity contribution >= 4 is 12.9 Å². The maximum atomic E-state index is 10.2. The topological polar surface area (TPSA) is 69.6 Å². The zero-order valence-electron chi connectivity index (χ0n) is 4.66. The van der Waals surface area contributed by atoms with Crippen LogP contribution in [0.4, 0.5) is 4.79 Å². The van der Waals surface area contributed by atoms with Crippen LogP contribution in [0.1, 0.15) is 0 Å². The zero-order valence-corrected chi connectivity index (χ0v) is 4.66. The smallest absolute Gasteiger partial charge is 0.420 e. The third-order valence-electron chi connectivity index (χ3n) is 0.599. The molecule has 1 amide bonds. The van der Waals surface area contributed by atoms with Crippen molar-refractivity contribution in [3.63, 3.8) is 0 Å². The van der Waals surface area contributed by atoms with E-state index in [2.05, 4.69) is 11.2 Å². The van der Waals surface area contributed by atoms with E-state index in [4.69, 9.17) is 16.5 Å². The number of carbonyl (C=O) groups is 1. The number of terminal acetylenes is 1. The third-order valence-corrected chi connectivity index (χ3v) is 0.599. The van der Waals surface area contributed by atoms with Gasteiger partial charge in [0.05, 0.1) is 6.54 Å². The number of hydrogen-bond donors (Lipinski definition) is 3. The van der Waals surface area contributed by atoms with Crippen molar-refractivity contribution in [3.8, 4) is 12.3 Å². The highest BCUT2D eigenvalue weighted by atomic mass is 16.4. The van der Waals surface area contributed by atoms with E-state index >= 15 is 0 Å². The molecule has 0 aliphatic carbocycles. The molecule has 0 radical (unpaired) electrons. The molecule has 48 valence electrons. The van der Waals surface area contributed by atoms with Crippen molar-refractivity contribution in [2.45, 2.75) is 0 Å². The Hall–Kier alpha value is -0.985. The zero-order chi connectivity index (χ0) is 7.28. The van der Waals surface area contributed by atoms with Gasteiger partial charge in [0.1, 0.15) is 0 Å². The van der Waals surface area contributed by atoms with Gasteiger partial charge in [0.2, 0.25) is 5.81 Å². The first kappa shape index (κ1) is 8.01. The normalized spacial score (nSPS) is 7.67. The summed E-state index contributed by atoms with van der Waals surface area (Å²) in [6, 6.07) is 0. The molecule has 4 nitrogen and oxygen atoms in total. The van der Waals surface area contributed by atoms with Gasteiger partial charge in [-0.25, -0.2) is 0 Å². The molecule has 0 unspecified atom stereocenters. The van der Waals surface area contributed by atoms with Crippen LogP contribution in [0.2, 0.25) is 0 Å². The largest absolute Gasteiger partial charge is 0.551 e. The lowest BCUT2D eigenvalue weighted by atomic mass is 9.91. The number of amides is 1. The molecule has 0 rings (SSSR count). The SMILES string of the molecule is C#CCNC(=O)B(O)O. The van der Waals surface area contributed by atoms with E-state index in [0.29, 0.717) is 0 Å². The molecule has 0 atom stereocenters. The molecule has 3 N–H and O–H groups in total. The van der Waals surface area contributed by atoms with Gasteiger partial charge in [0.25, 0.3) is 0 Å². The van der Waals surface area contributed by atoms with E-state index in [1.807, 2.05) is 0 Å². The van der Waals surface area contributed by atoms with Crippen molar-refractivity contribution in [2.24, 2.45) is 0 Å². The molecule has 0 aromatic rings. The summed E-state index contributed by atoms with van der Waals surface area (Å²) in [5.74, 6) is 1.22. The number of rotatable bonds is 2. The fourth-order valence-corrected chi connectivity index (χ4v) is 0.229. The van der Waals surface area contributed by atoms with Gasteiger partial charge >= 0.3 is 7.12 Å². The quantitative estimate of drug-likeness (QED) is 0.308. The van der Waals surface area contributed by atoms with Gasteiger partial charge in [-0.15, -0.1) is 6.42 Å². The average molecular weight is 127 g/mol. The van der Waals surface area contributed by atoms with Crippen LogP contribution in [0.15, 0.2) is 0 Å². The molecule has 0 saturated heterocycles. The average Bonchev–Trinajstić information content (AvgIpc) is 1.82. The van der Waals surface area contributed by atoms with Gasteiger partial charge in [0.15, 0.2) is 0 Å². The molecule has 0 aromatic carbocycles. The molecule has 0 aliphatic heterocycles. The summed E-state index contributed by atoms with van der Waals surface area (Å²) < 4.78 is 0. The van der Waals surface area contributed by atoms with Crippen LogP contribution in [-0.2, 0) is 0 Å². The van der Waals surface area contributed by atoms with Crippen LogP contribution < -0.4 is 5.32 Å². The molecular weight excluding hydrogens is 121 g/mol. The predicted molar refractivity (Wildman–Crippen MR) is 32.4 cm³/mol. The van der Waals surface area contributed by atoms with Crippen molar-refractivity contribution < 1.29 is 14.8 Å². The summed E-state index contributed by atoms with van der Waals surface area (Å²) in [7, 11) is -1.97. The first-order valence-electron chi connectivity index (χ1n) is 2.25. The van der Waals surface area contributed by atoms with E-state index in [9.17, 15) is 4.79 Å². The van der Waals surface area contributed by atoms with E-state index in [1.54, 1.807) is 0 Å². The first-order valence-corrected chi connectivity index (χ1v) is 2.25. The highest BCUT2D eigenvalue weighted by Gasteiger charge is 2.17. The summed E-state index contributed by atoms with van der Waals surface area (Å²) in [4.78, 5) is 10.2. The molecule has 0 fully saturated rings. The molecule has 0 aromatic heterocycles. The Balaban J connectivity index is 3.42. The van der Waals surface area contributed by atoms with Gasteiger partial charge in [-0.05, 0) is 0 Å². The fraction of sp³-hybridized carbons (Fsp3) is 0.250. The van der Waals surface area contributed by atoms with Crippen LogP contribution in [0.5, 0.6) is 0 Å². The standard InChI is InChI=1S/C4H6BNO3/c1-2-3-6-4(7)5(8)9/h1,8-9H,3H2,(H,6,7). The number of hydrogen-bond acceptors (Lipinski definition) is 3. The molecule has 9 heavy (non-hydrogen) atoms. The Morgan fingerprint density at radius 3 is 2.67 bits per heavy atom. The molecule has 5 heteroatoms. The minimum absolute atomic E-state index is 0.0104. The van der Waals surface area contributed by atoms with E-state index in [0.717, 1.165) is 0 Å². The Bertz CT molecular complexity index is 139. The lowest BCUT2D eigenvalue weighted by Gasteiger charge is -1.96. The van der Waals surface area contributed by atoms with Gasteiger partial charge in [0, 0.05) is 0 Å². The van der Waals surface area contributed by atoms with Crippen molar-refractivity contribution in [3.05, 3.63) is 0 Å². The van der Waals surface area contributed by atoms with E-state index in [-0.39, 0.29) is 6.54 Å². The summed E-state index contributed by atoms with van der Waals surface area (Å²) in [6.07, 6.45) is 4.75. The third kappa shape index (κ3) is 3.59. The van der Waals surface area contributed by atoms with Crippen LogP contribution in [0.3, 0.4) is 0 Å². The van der Waals surface area contributed by atoms with Crippen molar-refractivity contribution in [1.82, 2.24) is 5.32 Å². The second-order valence-corrected chi connectivity index (χ2v) is 1.30. The predicted octanol–water partition coefficient (Wildman–Crippen LogP) is -1.62. The van der Waals surface area contributed by atoms with E-state index in [1.165, 1.54) is 0 Å². The van der Waals surface area contributed by atoms with E-state index < -0.39 is 12.9 Å². The van der Waals surface area contributed by atoms with Crippen LogP contribution in [0, 0.1) is 12.3 Å². The minimum Gasteiger partial charge on any atom is -0.420 e. The monoisotopic (exact) mass is 127 g/mol. The molecule has 0 heterocycles. The fourth-order valence-electron chi connectivity index (χ4n) is 0.229. The lowest BCUT2D eigenvalue weighted by molar-refractivity contribution is 0.249. The van der Waals surface area contributed by atoms with Gasteiger partial charge < -0.3 is 15.4 Å². The highest BCUT2D eigenvalue weighted by molar-refractivity contribution is 6.78. The Morgan fingerprint density at radius 2 is 2.33 bits per heavy atom. The second-order valence-electron chi connectivity index (χ2n) is 1.30. The summed E-state index contributed by atoms with van der Waals surface area (Å²) in [6.45, 7) is 0.0104. The molecular formula is C4H6BNO3. The Labute approximate surface area is 53.0 Å². The number of nitrogens with one attached hydrogen (secondary N) is 1. The minimum atomic E-state index is -1.97. The Kier molecular flexibility index (Phi) is 3.52. The van der Waals surface area contributed by atoms with Crippen LogP contribution in [0.25, 0.3) is 0 Å². The van der Waals surface area contributed by atoms with Crippen molar-refractivity contribution in [1.29, 1.82) is 0 Å². The highest BCUT2D eigenvalue weighted by Crippen LogP contribution is 1.70. The van der Waals surface area contributed by atoms with Crippen LogP contribution >= 0.6 is 0 Å². The number of carbonyl (C=O) groups excluding carboxylic acids is 1. The van der Waals surface area contributed by atoms with Crippen LogP contribution in [-0.4, -0.2) is 29.5 Å². The van der Waals surface area contributed by atoms with Gasteiger partial charge in [-0.2, -0.15) is 0 Å². The summed E-state index contributed by atoms with van der Waals surface area (Å²) >= 11 is 0. The van der Waals surface area contributed by atoms with Gasteiger partial charge in [-0.1, -0.05) is 5.92 Å². The molecule has 0 aliphatic rings. The maximum Gasteiger partial charge on any atom is 0.551 e. The summed E-state index contributed by atoms with van der Waals surface area (Å²) in [5, 5.41) is 18.3. The molecule has 0 spiro atoms. The van der Waals surface area contributed by atoms with Gasteiger partial charge in [-0.3, -0.25) is 4.79 Å².